The van der Waals surface area contributed by atoms with Crippen LogP contribution in [0, 0.1) is 0 Å². The Morgan fingerprint density at radius 3 is 2.81 bits per heavy atom. The lowest BCUT2D eigenvalue weighted by atomic mass is 9.99. The van der Waals surface area contributed by atoms with E-state index in [1.165, 1.54) is 0 Å². The van der Waals surface area contributed by atoms with Gasteiger partial charge in [-0.2, -0.15) is 5.10 Å². The Bertz CT molecular complexity index is 941. The maximum absolute atomic E-state index is 11.7. The van der Waals surface area contributed by atoms with E-state index >= 15 is 0 Å². The molecule has 2 aromatic carbocycles. The van der Waals surface area contributed by atoms with Crippen LogP contribution in [0.15, 0.2) is 48.8 Å². The van der Waals surface area contributed by atoms with Crippen LogP contribution in [0.3, 0.4) is 0 Å². The van der Waals surface area contributed by atoms with E-state index in [0.29, 0.717) is 13.1 Å². The average Bonchev–Trinajstić information content (AvgIpc) is 3.07. The van der Waals surface area contributed by atoms with Crippen LogP contribution in [-0.2, 0) is 17.9 Å². The van der Waals surface area contributed by atoms with Gasteiger partial charge in [-0.1, -0.05) is 30.3 Å². The second kappa shape index (κ2) is 7.80. The summed E-state index contributed by atoms with van der Waals surface area (Å²) in [6, 6.07) is 12.0. The Hall–Kier alpha value is -2.86. The van der Waals surface area contributed by atoms with Crippen molar-refractivity contribution in [3.63, 3.8) is 0 Å². The summed E-state index contributed by atoms with van der Waals surface area (Å²) >= 11 is 0. The van der Waals surface area contributed by atoms with Crippen LogP contribution in [0.2, 0.25) is 0 Å². The summed E-state index contributed by atoms with van der Waals surface area (Å²) in [6.45, 7) is 6.52. The molecular formula is C21H25N3O3. The summed E-state index contributed by atoms with van der Waals surface area (Å²) in [4.78, 5) is 11.7. The lowest BCUT2D eigenvalue weighted by Gasteiger charge is -2.19. The van der Waals surface area contributed by atoms with Crippen molar-refractivity contribution in [3.8, 4) is 11.1 Å². The molecule has 2 N–H and O–H groups in total. The number of aliphatic hydroxyl groups is 1. The molecule has 0 spiro atoms. The first-order chi connectivity index (χ1) is 12.9. The van der Waals surface area contributed by atoms with Gasteiger partial charge in [-0.15, -0.1) is 0 Å². The minimum absolute atomic E-state index is 0.0305. The fraction of sp³-hybridized carbons (Fsp3) is 0.333. The molecule has 1 heterocycles. The molecular weight excluding hydrogens is 342 g/mol. The van der Waals surface area contributed by atoms with Crippen LogP contribution in [0.1, 0.15) is 26.3 Å². The number of aliphatic hydroxyl groups excluding tert-OH is 1. The molecule has 3 rings (SSSR count). The Morgan fingerprint density at radius 1 is 1.26 bits per heavy atom. The van der Waals surface area contributed by atoms with Crippen molar-refractivity contribution < 1.29 is 14.6 Å². The molecule has 0 unspecified atom stereocenters. The monoisotopic (exact) mass is 367 g/mol. The van der Waals surface area contributed by atoms with Crippen molar-refractivity contribution in [3.05, 3.63) is 54.4 Å². The number of hydrogen-bond donors (Lipinski definition) is 2. The van der Waals surface area contributed by atoms with Gasteiger partial charge in [0.05, 0.1) is 19.3 Å². The number of fused-ring (bicyclic) bond motifs is 1. The molecule has 0 aliphatic rings. The van der Waals surface area contributed by atoms with Gasteiger partial charge >= 0.3 is 6.09 Å². The first kappa shape index (κ1) is 18.9. The second-order valence-corrected chi connectivity index (χ2v) is 7.44. The Morgan fingerprint density at radius 2 is 2.07 bits per heavy atom. The lowest BCUT2D eigenvalue weighted by molar-refractivity contribution is 0.0525. The number of rotatable bonds is 5. The van der Waals surface area contributed by atoms with E-state index in [-0.39, 0.29) is 6.61 Å². The highest BCUT2D eigenvalue weighted by molar-refractivity contribution is 5.96. The normalized spacial score (nSPS) is 11.6. The number of carbonyl (C=O) groups excluding carboxylic acids is 1. The van der Waals surface area contributed by atoms with E-state index < -0.39 is 11.7 Å². The van der Waals surface area contributed by atoms with E-state index in [1.54, 1.807) is 4.68 Å². The molecule has 3 aromatic rings. The van der Waals surface area contributed by atoms with Gasteiger partial charge in [0.25, 0.3) is 0 Å². The van der Waals surface area contributed by atoms with Crippen LogP contribution in [-0.4, -0.2) is 33.1 Å². The van der Waals surface area contributed by atoms with Crippen molar-refractivity contribution in [1.82, 2.24) is 15.1 Å². The third-order valence-electron chi connectivity index (χ3n) is 4.08. The smallest absolute Gasteiger partial charge is 0.407 e. The summed E-state index contributed by atoms with van der Waals surface area (Å²) in [7, 11) is 0. The number of benzene rings is 2. The quantitative estimate of drug-likeness (QED) is 0.721. The zero-order chi connectivity index (χ0) is 19.4. The lowest BCUT2D eigenvalue weighted by Crippen LogP contribution is -2.34. The van der Waals surface area contributed by atoms with E-state index in [4.69, 9.17) is 4.74 Å². The summed E-state index contributed by atoms with van der Waals surface area (Å²) < 4.78 is 7.02. The highest BCUT2D eigenvalue weighted by Crippen LogP contribution is 2.29. The molecule has 0 fully saturated rings. The van der Waals surface area contributed by atoms with Crippen molar-refractivity contribution in [2.45, 2.75) is 39.5 Å². The summed E-state index contributed by atoms with van der Waals surface area (Å²) in [5.41, 5.74) is 2.48. The van der Waals surface area contributed by atoms with Gasteiger partial charge in [-0.05, 0) is 48.7 Å². The minimum Gasteiger partial charge on any atom is -0.444 e. The molecule has 0 aliphatic carbocycles. The largest absolute Gasteiger partial charge is 0.444 e. The number of ether oxygens (including phenoxy) is 1. The van der Waals surface area contributed by atoms with Gasteiger partial charge < -0.3 is 15.2 Å². The van der Waals surface area contributed by atoms with Gasteiger partial charge in [0, 0.05) is 18.3 Å². The Balaban J connectivity index is 1.69. The molecule has 0 bridgehead atoms. The zero-order valence-corrected chi connectivity index (χ0v) is 15.9. The van der Waals surface area contributed by atoms with Crippen molar-refractivity contribution in [2.24, 2.45) is 0 Å². The van der Waals surface area contributed by atoms with Gasteiger partial charge in [0.15, 0.2) is 0 Å². The fourth-order valence-electron chi connectivity index (χ4n) is 2.89. The number of nitrogens with one attached hydrogen (secondary N) is 1. The predicted octanol–water partition coefficient (Wildman–Crippen LogP) is 3.72. The third kappa shape index (κ3) is 4.86. The van der Waals surface area contributed by atoms with Crippen molar-refractivity contribution in [2.75, 3.05) is 6.54 Å². The number of hydrogen-bond acceptors (Lipinski definition) is 4. The van der Waals surface area contributed by atoms with E-state index in [9.17, 15) is 9.90 Å². The van der Waals surface area contributed by atoms with E-state index in [2.05, 4.69) is 16.5 Å². The number of amides is 1. The first-order valence-electron chi connectivity index (χ1n) is 8.98. The van der Waals surface area contributed by atoms with Crippen molar-refractivity contribution in [1.29, 1.82) is 0 Å². The van der Waals surface area contributed by atoms with Crippen LogP contribution in [0.4, 0.5) is 4.79 Å². The maximum Gasteiger partial charge on any atom is 0.407 e. The maximum atomic E-state index is 11.7. The fourth-order valence-corrected chi connectivity index (χ4v) is 2.89. The molecule has 142 valence electrons. The molecule has 0 saturated heterocycles. The standard InChI is InChI=1S/C21H25N3O3/c1-21(2,3)27-20(26)22-9-10-24-13-17(12-23-24)18-6-4-5-16-11-15(14-25)7-8-19(16)18/h4-8,11-13,25H,9-10,14H2,1-3H3,(H,22,26). The molecule has 1 aromatic heterocycles. The van der Waals surface area contributed by atoms with Gasteiger partial charge in [0.1, 0.15) is 5.60 Å². The summed E-state index contributed by atoms with van der Waals surface area (Å²) in [6.07, 6.45) is 3.36. The molecule has 0 aliphatic heterocycles. The summed E-state index contributed by atoms with van der Waals surface area (Å²) in [5.74, 6) is 0. The molecule has 6 heteroatoms. The Kier molecular flexibility index (Phi) is 5.46. The molecule has 27 heavy (non-hydrogen) atoms. The SMILES string of the molecule is CC(C)(C)OC(=O)NCCn1cc(-c2cccc3cc(CO)ccc23)cn1. The molecule has 0 radical (unpaired) electrons. The number of aromatic nitrogens is 2. The van der Waals surface area contributed by atoms with Crippen LogP contribution in [0.5, 0.6) is 0 Å². The van der Waals surface area contributed by atoms with Crippen molar-refractivity contribution >= 4 is 16.9 Å². The number of nitrogens with zero attached hydrogens (tertiary/aromatic N) is 2. The predicted molar refractivity (Wildman–Crippen MR) is 105 cm³/mol. The molecule has 0 saturated carbocycles. The number of alkyl carbamates (subject to hydrolysis) is 1. The highest BCUT2D eigenvalue weighted by Gasteiger charge is 2.15. The van der Waals surface area contributed by atoms with Crippen LogP contribution >= 0.6 is 0 Å². The van der Waals surface area contributed by atoms with Crippen LogP contribution < -0.4 is 5.32 Å². The highest BCUT2D eigenvalue weighted by atomic mass is 16.6. The topological polar surface area (TPSA) is 76.4 Å². The third-order valence-corrected chi connectivity index (χ3v) is 4.08. The second-order valence-electron chi connectivity index (χ2n) is 7.44. The summed E-state index contributed by atoms with van der Waals surface area (Å²) in [5, 5.41) is 18.6. The van der Waals surface area contributed by atoms with Crippen LogP contribution in [0.25, 0.3) is 21.9 Å². The van der Waals surface area contributed by atoms with Gasteiger partial charge in [0.2, 0.25) is 0 Å². The van der Waals surface area contributed by atoms with E-state index in [1.807, 2.05) is 63.5 Å². The Labute approximate surface area is 158 Å². The molecule has 6 nitrogen and oxygen atoms in total. The molecule has 1 amide bonds. The number of carbonyl (C=O) groups is 1. The molecule has 0 atom stereocenters. The minimum atomic E-state index is -0.507. The average molecular weight is 367 g/mol. The first-order valence-corrected chi connectivity index (χ1v) is 8.98. The zero-order valence-electron chi connectivity index (χ0n) is 15.9. The van der Waals surface area contributed by atoms with Gasteiger partial charge in [-0.25, -0.2) is 4.79 Å². The van der Waals surface area contributed by atoms with E-state index in [0.717, 1.165) is 27.5 Å². The van der Waals surface area contributed by atoms with Gasteiger partial charge in [-0.3, -0.25) is 4.68 Å².